The number of aromatic nitrogens is 6. The van der Waals surface area contributed by atoms with Crippen molar-refractivity contribution in [3.8, 4) is 33.7 Å². The van der Waals surface area contributed by atoms with E-state index in [1.807, 2.05) is 4.72 Å². The van der Waals surface area contributed by atoms with Crippen molar-refractivity contribution in [2.75, 3.05) is 35.7 Å². The SMILES string of the molecule is CCOc1cncc(-c2ccc(C(=O)N3CC(C4C[C@H](c5cccc(NS(=O)(=O)C(F)F)c5)N(C(=O)c5cnc(-c6cncc(OCC)n6)s5)C4)C[C@@H]3c3cc(NS(=O)(=O)C4CC4)ccn3)c(F)c2)n1. The lowest BCUT2D eigenvalue weighted by atomic mass is 9.86. The minimum Gasteiger partial charge on any atom is -0.477 e. The second-order valence-electron chi connectivity index (χ2n) is 16.9. The van der Waals surface area contributed by atoms with Crippen LogP contribution in [-0.4, -0.2) is 106 Å². The summed E-state index contributed by atoms with van der Waals surface area (Å²) in [7, 11) is -8.71. The molecule has 4 aromatic heterocycles. The molecule has 2 amide bonds. The number of nitrogens with one attached hydrogen (secondary N) is 2. The summed E-state index contributed by atoms with van der Waals surface area (Å²) in [6, 6.07) is 11.5. The van der Waals surface area contributed by atoms with E-state index in [1.165, 1.54) is 78.5 Å². The van der Waals surface area contributed by atoms with E-state index in [2.05, 4.69) is 34.6 Å². The number of nitrogens with zero attached hydrogens (tertiary/aromatic N) is 8. The fourth-order valence-electron chi connectivity index (χ4n) is 8.81. The molecule has 3 aliphatic rings. The van der Waals surface area contributed by atoms with Crippen molar-refractivity contribution in [1.82, 2.24) is 39.7 Å². The number of hydrogen-bond donors (Lipinski definition) is 2. The van der Waals surface area contributed by atoms with E-state index in [4.69, 9.17) is 9.47 Å². The van der Waals surface area contributed by atoms with Gasteiger partial charge in [-0.05, 0) is 93.3 Å². The Balaban J connectivity index is 1.05. The van der Waals surface area contributed by atoms with Gasteiger partial charge in [0.15, 0.2) is 0 Å². The van der Waals surface area contributed by atoms with Crippen LogP contribution >= 0.6 is 11.3 Å². The topological polar surface area (TPSA) is 229 Å². The standard InChI is InChI=1S/C46H45F3N10O8S3/c1-3-66-41-22-50-19-36(54-41)26-8-11-33(34(47)15-26)44(60)59-25-29(17-39(59)35-18-31(12-13-52-35)56-69(62,63)32-9-10-32)28-16-38(27-6-5-7-30(14-27)57-70(64,65)46(48)49)58(24-28)45(61)40-21-53-43(68-40)37-20-51-23-42(55-37)67-4-2/h5-8,11-15,18-23,28-29,32,38-39,46,57H,3-4,9-10,16-17,24-25H2,1-2H3,(H,52,56)/t28?,29?,38-,39-/m1/s1. The van der Waals surface area contributed by atoms with E-state index in [0.717, 1.165) is 11.3 Å². The molecule has 1 saturated carbocycles. The number of alkyl halides is 2. The van der Waals surface area contributed by atoms with Crippen LogP contribution in [0.1, 0.15) is 82.9 Å². The molecule has 0 radical (unpaired) electrons. The summed E-state index contributed by atoms with van der Waals surface area (Å²) in [6.45, 7) is 4.48. The number of thiazole rings is 1. The molecule has 0 spiro atoms. The van der Waals surface area contributed by atoms with Gasteiger partial charge in [-0.2, -0.15) is 8.78 Å². The zero-order valence-corrected chi connectivity index (χ0v) is 39.9. The van der Waals surface area contributed by atoms with Gasteiger partial charge in [0, 0.05) is 30.5 Å². The summed E-state index contributed by atoms with van der Waals surface area (Å²) >= 11 is 1.07. The number of likely N-dealkylation sites (tertiary alicyclic amines) is 2. The highest BCUT2D eigenvalue weighted by molar-refractivity contribution is 7.93. The Morgan fingerprint density at radius 3 is 2.10 bits per heavy atom. The molecule has 24 heteroatoms. The second kappa shape index (κ2) is 19.9. The molecular weight excluding hydrogens is 974 g/mol. The first kappa shape index (κ1) is 48.2. The zero-order valence-electron chi connectivity index (χ0n) is 37.5. The Kier molecular flexibility index (Phi) is 13.7. The molecule has 366 valence electrons. The predicted molar refractivity (Wildman–Crippen MR) is 251 cm³/mol. The fourth-order valence-corrected chi connectivity index (χ4v) is 11.6. The molecule has 1 aliphatic carbocycles. The summed E-state index contributed by atoms with van der Waals surface area (Å²) in [4.78, 5) is 59.0. The fraction of sp³-hybridized carbons (Fsp3) is 0.348. The number of pyridine rings is 1. The minimum atomic E-state index is -5.04. The molecule has 18 nitrogen and oxygen atoms in total. The molecule has 9 rings (SSSR count). The van der Waals surface area contributed by atoms with Crippen LogP contribution in [0.2, 0.25) is 0 Å². The molecular formula is C46H45F3N10O8S3. The number of ether oxygens (including phenoxy) is 2. The number of sulfonamides is 2. The second-order valence-corrected chi connectivity index (χ2v) is 21.5. The van der Waals surface area contributed by atoms with Crippen LogP contribution in [0.5, 0.6) is 11.8 Å². The maximum atomic E-state index is 16.3. The van der Waals surface area contributed by atoms with Gasteiger partial charge in [0.25, 0.3) is 21.8 Å². The average molecular weight is 1020 g/mol. The van der Waals surface area contributed by atoms with Crippen LogP contribution in [-0.2, 0) is 20.0 Å². The molecule has 0 bridgehead atoms. The smallest absolute Gasteiger partial charge is 0.355 e. The minimum absolute atomic E-state index is 0.0689. The van der Waals surface area contributed by atoms with E-state index in [9.17, 15) is 35.2 Å². The quantitative estimate of drug-likeness (QED) is 0.0910. The summed E-state index contributed by atoms with van der Waals surface area (Å²) in [5.74, 6) is -5.81. The largest absolute Gasteiger partial charge is 0.477 e. The maximum absolute atomic E-state index is 16.3. The van der Waals surface area contributed by atoms with E-state index in [1.54, 1.807) is 36.9 Å². The lowest BCUT2D eigenvalue weighted by molar-refractivity contribution is 0.0709. The third kappa shape index (κ3) is 10.4. The molecule has 2 aliphatic heterocycles. The highest BCUT2D eigenvalue weighted by Crippen LogP contribution is 2.48. The Morgan fingerprint density at radius 1 is 0.771 bits per heavy atom. The summed E-state index contributed by atoms with van der Waals surface area (Å²) in [5, 5.41) is -0.123. The number of hydrogen-bond acceptors (Lipinski definition) is 15. The number of benzene rings is 2. The Labute approximate surface area is 404 Å². The summed E-state index contributed by atoms with van der Waals surface area (Å²) in [6.07, 6.45) is 10.3. The Morgan fingerprint density at radius 2 is 1.43 bits per heavy atom. The van der Waals surface area contributed by atoms with Crippen LogP contribution in [0.25, 0.3) is 22.0 Å². The van der Waals surface area contributed by atoms with E-state index < -0.39 is 60.8 Å². The van der Waals surface area contributed by atoms with Gasteiger partial charge in [-0.15, -0.1) is 11.3 Å². The lowest BCUT2D eigenvalue weighted by Crippen LogP contribution is -2.34. The van der Waals surface area contributed by atoms with Crippen molar-refractivity contribution >= 4 is 54.6 Å². The maximum Gasteiger partial charge on any atom is 0.355 e. The highest BCUT2D eigenvalue weighted by Gasteiger charge is 2.47. The van der Waals surface area contributed by atoms with Crippen LogP contribution in [0.15, 0.2) is 91.8 Å². The van der Waals surface area contributed by atoms with Gasteiger partial charge in [-0.1, -0.05) is 18.2 Å². The molecule has 6 heterocycles. The van der Waals surface area contributed by atoms with Crippen LogP contribution < -0.4 is 18.9 Å². The van der Waals surface area contributed by atoms with Crippen molar-refractivity contribution in [2.24, 2.45) is 11.8 Å². The monoisotopic (exact) mass is 1020 g/mol. The first-order valence-electron chi connectivity index (χ1n) is 22.3. The molecule has 2 N–H and O–H groups in total. The zero-order chi connectivity index (χ0) is 49.3. The number of halogens is 3. The van der Waals surface area contributed by atoms with Gasteiger partial charge in [0.1, 0.15) is 21.4 Å². The molecule has 70 heavy (non-hydrogen) atoms. The van der Waals surface area contributed by atoms with Gasteiger partial charge < -0.3 is 19.3 Å². The third-order valence-corrected chi connectivity index (χ3v) is 16.1. The van der Waals surface area contributed by atoms with E-state index in [-0.39, 0.29) is 71.3 Å². The highest BCUT2D eigenvalue weighted by atomic mass is 32.2. The normalized spacial score (nSPS) is 19.3. The third-order valence-electron chi connectivity index (χ3n) is 12.2. The van der Waals surface area contributed by atoms with E-state index >= 15 is 4.39 Å². The van der Waals surface area contributed by atoms with Gasteiger partial charge in [-0.25, -0.2) is 36.2 Å². The Bertz CT molecular complexity index is 3170. The van der Waals surface area contributed by atoms with Gasteiger partial charge in [0.2, 0.25) is 21.8 Å². The van der Waals surface area contributed by atoms with Gasteiger partial charge >= 0.3 is 5.76 Å². The molecule has 2 aromatic carbocycles. The van der Waals surface area contributed by atoms with Gasteiger partial charge in [-0.3, -0.25) is 34.0 Å². The van der Waals surface area contributed by atoms with Crippen molar-refractivity contribution in [3.05, 3.63) is 119 Å². The Hall–Kier alpha value is -6.79. The van der Waals surface area contributed by atoms with Gasteiger partial charge in [0.05, 0.1) is 84.2 Å². The van der Waals surface area contributed by atoms with Crippen molar-refractivity contribution < 1.29 is 49.1 Å². The first-order chi connectivity index (χ1) is 33.6. The number of rotatable bonds is 17. The summed E-state index contributed by atoms with van der Waals surface area (Å²) in [5.41, 5.74) is 1.72. The predicted octanol–water partition coefficient (Wildman–Crippen LogP) is 7.36. The number of anilines is 2. The van der Waals surface area contributed by atoms with Crippen LogP contribution in [0.3, 0.4) is 0 Å². The van der Waals surface area contributed by atoms with Crippen LogP contribution in [0.4, 0.5) is 24.5 Å². The average Bonchev–Trinajstić information content (AvgIpc) is 3.70. The van der Waals surface area contributed by atoms with E-state index in [0.29, 0.717) is 59.3 Å². The number of amides is 2. The molecule has 6 aromatic rings. The van der Waals surface area contributed by atoms with Crippen molar-refractivity contribution in [3.63, 3.8) is 0 Å². The molecule has 2 unspecified atom stereocenters. The lowest BCUT2D eigenvalue weighted by Gasteiger charge is -2.25. The van der Waals surface area contributed by atoms with Crippen molar-refractivity contribution in [2.45, 2.75) is 62.6 Å². The molecule has 4 atom stereocenters. The van der Waals surface area contributed by atoms with Crippen LogP contribution in [0, 0.1) is 17.7 Å². The molecule has 3 fully saturated rings. The first-order valence-corrected chi connectivity index (χ1v) is 26.2. The molecule has 2 saturated heterocycles. The van der Waals surface area contributed by atoms with Crippen molar-refractivity contribution in [1.29, 1.82) is 0 Å². The summed E-state index contributed by atoms with van der Waals surface area (Å²) < 4.78 is 109. The number of carbonyl (C=O) groups excluding carboxylic acids is 2. The number of carbonyl (C=O) groups is 2.